The summed E-state index contributed by atoms with van der Waals surface area (Å²) in [5.41, 5.74) is 0.888. The van der Waals surface area contributed by atoms with Crippen LogP contribution in [-0.2, 0) is 14.3 Å². The van der Waals surface area contributed by atoms with Gasteiger partial charge in [-0.1, -0.05) is 19.1 Å². The summed E-state index contributed by atoms with van der Waals surface area (Å²) in [6.45, 7) is 1.94. The molecular formula is C16H22O3. The van der Waals surface area contributed by atoms with E-state index >= 15 is 0 Å². The molecule has 19 heavy (non-hydrogen) atoms. The number of aldehydes is 1. The van der Waals surface area contributed by atoms with Crippen molar-refractivity contribution in [2.24, 2.45) is 0 Å². The SMILES string of the molecule is CCCC(=O)OC(C=O)(C1=CCCC1)C1=CCCC1. The summed E-state index contributed by atoms with van der Waals surface area (Å²) < 4.78 is 5.65. The predicted molar refractivity (Wildman–Crippen MR) is 73.7 cm³/mol. The lowest BCUT2D eigenvalue weighted by Gasteiger charge is -2.31. The van der Waals surface area contributed by atoms with E-state index in [-0.39, 0.29) is 5.97 Å². The number of hydrogen-bond donors (Lipinski definition) is 0. The summed E-state index contributed by atoms with van der Waals surface area (Å²) in [7, 11) is 0. The molecule has 0 unspecified atom stereocenters. The minimum absolute atomic E-state index is 0.268. The van der Waals surface area contributed by atoms with Crippen LogP contribution in [0.1, 0.15) is 58.3 Å². The first-order valence-electron chi connectivity index (χ1n) is 7.30. The number of carbonyl (C=O) groups is 2. The minimum Gasteiger partial charge on any atom is -0.442 e. The molecule has 0 N–H and O–H groups in total. The average Bonchev–Trinajstić information content (AvgIpc) is 3.09. The van der Waals surface area contributed by atoms with Gasteiger partial charge in [-0.2, -0.15) is 0 Å². The molecule has 104 valence electrons. The summed E-state index contributed by atoms with van der Waals surface area (Å²) in [6.07, 6.45) is 11.9. The van der Waals surface area contributed by atoms with E-state index in [4.69, 9.17) is 4.74 Å². The zero-order chi connectivity index (χ0) is 13.7. The Balaban J connectivity index is 2.29. The molecule has 2 aliphatic carbocycles. The first-order valence-corrected chi connectivity index (χ1v) is 7.30. The van der Waals surface area contributed by atoms with Crippen LogP contribution in [0.3, 0.4) is 0 Å². The zero-order valence-corrected chi connectivity index (χ0v) is 11.6. The quantitative estimate of drug-likeness (QED) is 0.418. The van der Waals surface area contributed by atoms with E-state index in [0.717, 1.165) is 62.4 Å². The zero-order valence-electron chi connectivity index (χ0n) is 11.6. The normalized spacial score (nSPS) is 19.0. The van der Waals surface area contributed by atoms with Crippen molar-refractivity contribution in [3.05, 3.63) is 23.3 Å². The molecule has 0 amide bonds. The van der Waals surface area contributed by atoms with Gasteiger partial charge in [0.2, 0.25) is 5.60 Å². The molecule has 0 bridgehead atoms. The third-order valence-electron chi connectivity index (χ3n) is 3.93. The Labute approximate surface area is 114 Å². The smallest absolute Gasteiger partial charge is 0.307 e. The van der Waals surface area contributed by atoms with Crippen LogP contribution in [-0.4, -0.2) is 17.9 Å². The van der Waals surface area contributed by atoms with Gasteiger partial charge in [0.1, 0.15) is 0 Å². The Hall–Kier alpha value is -1.38. The number of ether oxygens (including phenoxy) is 1. The Bertz CT molecular complexity index is 394. The van der Waals surface area contributed by atoms with Crippen molar-refractivity contribution in [3.8, 4) is 0 Å². The highest BCUT2D eigenvalue weighted by molar-refractivity contribution is 5.81. The van der Waals surface area contributed by atoms with E-state index in [1.807, 2.05) is 6.92 Å². The van der Waals surface area contributed by atoms with Crippen molar-refractivity contribution < 1.29 is 14.3 Å². The fourth-order valence-electron chi connectivity index (χ4n) is 2.96. The summed E-state index contributed by atoms with van der Waals surface area (Å²) in [4.78, 5) is 23.7. The highest BCUT2D eigenvalue weighted by Crippen LogP contribution is 2.40. The molecule has 0 atom stereocenters. The molecule has 3 nitrogen and oxygen atoms in total. The fourth-order valence-corrected chi connectivity index (χ4v) is 2.96. The van der Waals surface area contributed by atoms with Crippen LogP contribution < -0.4 is 0 Å². The number of rotatable bonds is 6. The summed E-state index contributed by atoms with van der Waals surface area (Å²) in [6, 6.07) is 0. The molecule has 0 aromatic heterocycles. The Morgan fingerprint density at radius 1 is 1.26 bits per heavy atom. The summed E-state index contributed by atoms with van der Waals surface area (Å²) >= 11 is 0. The number of esters is 1. The largest absolute Gasteiger partial charge is 0.442 e. The first kappa shape index (κ1) is 14.0. The first-order chi connectivity index (χ1) is 9.23. The van der Waals surface area contributed by atoms with Crippen molar-refractivity contribution in [3.63, 3.8) is 0 Å². The summed E-state index contributed by atoms with van der Waals surface area (Å²) in [5.74, 6) is -0.268. The van der Waals surface area contributed by atoms with Crippen LogP contribution in [0.5, 0.6) is 0 Å². The van der Waals surface area contributed by atoms with Crippen LogP contribution in [0.15, 0.2) is 23.3 Å². The third-order valence-corrected chi connectivity index (χ3v) is 3.93. The molecule has 0 saturated heterocycles. The fraction of sp³-hybridized carbons (Fsp3) is 0.625. The Morgan fingerprint density at radius 3 is 2.21 bits per heavy atom. The minimum atomic E-state index is -1.08. The van der Waals surface area contributed by atoms with E-state index in [2.05, 4.69) is 12.2 Å². The van der Waals surface area contributed by atoms with Gasteiger partial charge in [-0.05, 0) is 56.1 Å². The monoisotopic (exact) mass is 262 g/mol. The van der Waals surface area contributed by atoms with Gasteiger partial charge in [-0.15, -0.1) is 0 Å². The van der Waals surface area contributed by atoms with Gasteiger partial charge in [0.15, 0.2) is 6.29 Å². The Morgan fingerprint density at radius 2 is 1.84 bits per heavy atom. The molecule has 0 fully saturated rings. The van der Waals surface area contributed by atoms with Crippen LogP contribution >= 0.6 is 0 Å². The highest BCUT2D eigenvalue weighted by Gasteiger charge is 2.43. The van der Waals surface area contributed by atoms with Crippen LogP contribution in [0.4, 0.5) is 0 Å². The Kier molecular flexibility index (Phi) is 4.56. The number of carbonyl (C=O) groups excluding carboxylic acids is 2. The average molecular weight is 262 g/mol. The molecular weight excluding hydrogens is 240 g/mol. The molecule has 0 heterocycles. The maximum absolute atomic E-state index is 11.9. The molecule has 0 aromatic rings. The second-order valence-corrected chi connectivity index (χ2v) is 5.32. The van der Waals surface area contributed by atoms with Crippen LogP contribution in [0, 0.1) is 0 Å². The third kappa shape index (κ3) is 2.80. The molecule has 2 rings (SSSR count). The maximum Gasteiger partial charge on any atom is 0.307 e. The van der Waals surface area contributed by atoms with Crippen molar-refractivity contribution in [1.82, 2.24) is 0 Å². The molecule has 0 radical (unpaired) electrons. The summed E-state index contributed by atoms with van der Waals surface area (Å²) in [5, 5.41) is 0. The molecule has 0 saturated carbocycles. The predicted octanol–water partition coefficient (Wildman–Crippen LogP) is 3.49. The molecule has 0 spiro atoms. The van der Waals surface area contributed by atoms with Crippen molar-refractivity contribution >= 4 is 12.3 Å². The van der Waals surface area contributed by atoms with E-state index in [0.29, 0.717) is 6.42 Å². The van der Waals surface area contributed by atoms with Gasteiger partial charge < -0.3 is 4.74 Å². The van der Waals surface area contributed by atoms with Gasteiger partial charge in [-0.3, -0.25) is 9.59 Å². The molecule has 3 heteroatoms. The number of hydrogen-bond acceptors (Lipinski definition) is 3. The topological polar surface area (TPSA) is 43.4 Å². The standard InChI is InChI=1S/C16H22O3/c1-2-7-15(18)19-16(12-17,13-8-3-4-9-13)14-10-5-6-11-14/h8,10,12H,2-7,9,11H2,1H3. The van der Waals surface area contributed by atoms with Gasteiger partial charge in [0.25, 0.3) is 0 Å². The highest BCUT2D eigenvalue weighted by atomic mass is 16.6. The number of allylic oxidation sites excluding steroid dienone is 2. The van der Waals surface area contributed by atoms with Gasteiger partial charge in [0, 0.05) is 6.42 Å². The van der Waals surface area contributed by atoms with E-state index < -0.39 is 5.60 Å². The van der Waals surface area contributed by atoms with Gasteiger partial charge in [0.05, 0.1) is 0 Å². The second-order valence-electron chi connectivity index (χ2n) is 5.32. The van der Waals surface area contributed by atoms with Crippen molar-refractivity contribution in [2.75, 3.05) is 0 Å². The van der Waals surface area contributed by atoms with Crippen LogP contribution in [0.2, 0.25) is 0 Å². The lowest BCUT2D eigenvalue weighted by Crippen LogP contribution is -2.40. The van der Waals surface area contributed by atoms with E-state index in [1.54, 1.807) is 0 Å². The van der Waals surface area contributed by atoms with Gasteiger partial charge >= 0.3 is 5.97 Å². The lowest BCUT2D eigenvalue weighted by molar-refractivity contribution is -0.156. The molecule has 0 aliphatic heterocycles. The van der Waals surface area contributed by atoms with E-state index in [9.17, 15) is 9.59 Å². The second kappa shape index (κ2) is 6.18. The maximum atomic E-state index is 11.9. The molecule has 0 aromatic carbocycles. The van der Waals surface area contributed by atoms with Crippen LogP contribution in [0.25, 0.3) is 0 Å². The van der Waals surface area contributed by atoms with Gasteiger partial charge in [-0.25, -0.2) is 0 Å². The van der Waals surface area contributed by atoms with Crippen molar-refractivity contribution in [2.45, 2.75) is 63.9 Å². The van der Waals surface area contributed by atoms with E-state index in [1.165, 1.54) is 0 Å². The van der Waals surface area contributed by atoms with Crippen molar-refractivity contribution in [1.29, 1.82) is 0 Å². The molecule has 2 aliphatic rings. The lowest BCUT2D eigenvalue weighted by atomic mass is 9.85.